The minimum Gasteiger partial charge on any atom is -0.494 e. The molecule has 2 rings (SSSR count). The van der Waals surface area contributed by atoms with Crippen molar-refractivity contribution in [2.45, 2.75) is 6.42 Å². The molecule has 8 heteroatoms. The van der Waals surface area contributed by atoms with Crippen molar-refractivity contribution in [3.63, 3.8) is 0 Å². The molecular formula is C13H13ClN4O3. The van der Waals surface area contributed by atoms with E-state index < -0.39 is 4.92 Å². The third-order valence-corrected chi connectivity index (χ3v) is 2.86. The van der Waals surface area contributed by atoms with E-state index in [1.807, 2.05) is 30.3 Å². The van der Waals surface area contributed by atoms with Crippen LogP contribution < -0.4 is 10.1 Å². The molecule has 0 aliphatic carbocycles. The molecule has 1 heterocycles. The van der Waals surface area contributed by atoms with E-state index in [-0.39, 0.29) is 16.7 Å². The number of hydrogen-bond donors (Lipinski definition) is 1. The molecule has 1 aromatic heterocycles. The molecule has 0 fully saturated rings. The topological polar surface area (TPSA) is 90.2 Å². The molecule has 0 unspecified atom stereocenters. The van der Waals surface area contributed by atoms with Crippen LogP contribution in [-0.4, -0.2) is 28.0 Å². The molecule has 2 aromatic rings. The van der Waals surface area contributed by atoms with Crippen molar-refractivity contribution in [3.05, 3.63) is 51.9 Å². The largest absolute Gasteiger partial charge is 0.494 e. The number of aromatic nitrogens is 2. The van der Waals surface area contributed by atoms with E-state index in [2.05, 4.69) is 15.3 Å². The van der Waals surface area contributed by atoms with E-state index in [1.165, 1.54) is 6.33 Å². The summed E-state index contributed by atoms with van der Waals surface area (Å²) in [6.07, 6.45) is 1.84. The molecule has 0 amide bonds. The first-order valence-electron chi connectivity index (χ1n) is 6.25. The Balaban J connectivity index is 1.81. The second-order valence-corrected chi connectivity index (χ2v) is 4.42. The molecule has 21 heavy (non-hydrogen) atoms. The standard InChI is InChI=1S/C13H13ClN4O3/c14-12-11(18(19)20)13(17-9-16-12)15-7-4-8-21-10-5-2-1-3-6-10/h1-3,5-6,9H,4,7-8H2,(H,15,16,17). The fourth-order valence-corrected chi connectivity index (χ4v) is 1.84. The van der Waals surface area contributed by atoms with Crippen molar-refractivity contribution in [3.8, 4) is 5.75 Å². The summed E-state index contributed by atoms with van der Waals surface area (Å²) >= 11 is 5.69. The van der Waals surface area contributed by atoms with Gasteiger partial charge in [-0.2, -0.15) is 0 Å². The smallest absolute Gasteiger partial charge is 0.348 e. The van der Waals surface area contributed by atoms with Crippen LogP contribution in [0.2, 0.25) is 5.15 Å². The third-order valence-electron chi connectivity index (χ3n) is 2.59. The maximum atomic E-state index is 10.9. The maximum absolute atomic E-state index is 10.9. The molecule has 0 atom stereocenters. The predicted molar refractivity (Wildman–Crippen MR) is 78.7 cm³/mol. The van der Waals surface area contributed by atoms with Gasteiger partial charge in [0, 0.05) is 6.54 Å². The molecule has 0 bridgehead atoms. The number of nitrogens with zero attached hydrogens (tertiary/aromatic N) is 3. The summed E-state index contributed by atoms with van der Waals surface area (Å²) in [7, 11) is 0. The van der Waals surface area contributed by atoms with Crippen LogP contribution >= 0.6 is 11.6 Å². The molecule has 0 saturated carbocycles. The number of halogens is 1. The van der Waals surface area contributed by atoms with Gasteiger partial charge >= 0.3 is 5.69 Å². The molecule has 7 nitrogen and oxygen atoms in total. The molecule has 0 saturated heterocycles. The Morgan fingerprint density at radius 2 is 2.05 bits per heavy atom. The van der Waals surface area contributed by atoms with Crippen molar-refractivity contribution < 1.29 is 9.66 Å². The summed E-state index contributed by atoms with van der Waals surface area (Å²) in [4.78, 5) is 17.7. The molecular weight excluding hydrogens is 296 g/mol. The van der Waals surface area contributed by atoms with Gasteiger partial charge < -0.3 is 10.1 Å². The van der Waals surface area contributed by atoms with Gasteiger partial charge in [0.25, 0.3) is 0 Å². The van der Waals surface area contributed by atoms with E-state index in [0.717, 1.165) is 5.75 Å². The maximum Gasteiger partial charge on any atom is 0.348 e. The Bertz CT molecular complexity index is 610. The number of para-hydroxylation sites is 1. The van der Waals surface area contributed by atoms with Crippen LogP contribution in [0.4, 0.5) is 11.5 Å². The molecule has 110 valence electrons. The Labute approximate surface area is 126 Å². The Kier molecular flexibility index (Phi) is 5.28. The lowest BCUT2D eigenvalue weighted by Crippen LogP contribution is -2.10. The van der Waals surface area contributed by atoms with Crippen LogP contribution in [0.1, 0.15) is 6.42 Å². The van der Waals surface area contributed by atoms with Crippen LogP contribution in [0.5, 0.6) is 5.75 Å². The summed E-state index contributed by atoms with van der Waals surface area (Å²) in [5, 5.41) is 13.6. The lowest BCUT2D eigenvalue weighted by molar-refractivity contribution is -0.384. The quantitative estimate of drug-likeness (QED) is 0.366. The van der Waals surface area contributed by atoms with Crippen molar-refractivity contribution >= 4 is 23.1 Å². The van der Waals surface area contributed by atoms with Gasteiger partial charge in [0.1, 0.15) is 12.1 Å². The lowest BCUT2D eigenvalue weighted by Gasteiger charge is -2.08. The molecule has 0 aliphatic heterocycles. The lowest BCUT2D eigenvalue weighted by atomic mass is 10.3. The number of nitro groups is 1. The van der Waals surface area contributed by atoms with Gasteiger partial charge in [0.2, 0.25) is 11.0 Å². The second kappa shape index (κ2) is 7.39. The number of ether oxygens (including phenoxy) is 1. The van der Waals surface area contributed by atoms with Crippen LogP contribution in [0.15, 0.2) is 36.7 Å². The SMILES string of the molecule is O=[N+]([O-])c1c(Cl)ncnc1NCCCOc1ccccc1. The summed E-state index contributed by atoms with van der Waals surface area (Å²) in [5.74, 6) is 0.897. The van der Waals surface area contributed by atoms with E-state index in [0.29, 0.717) is 19.6 Å². The highest BCUT2D eigenvalue weighted by atomic mass is 35.5. The highest BCUT2D eigenvalue weighted by molar-refractivity contribution is 6.31. The number of benzene rings is 1. The molecule has 1 N–H and O–H groups in total. The molecule has 1 aromatic carbocycles. The zero-order chi connectivity index (χ0) is 15.1. The number of rotatable bonds is 7. The van der Waals surface area contributed by atoms with E-state index in [1.54, 1.807) is 0 Å². The van der Waals surface area contributed by atoms with E-state index in [4.69, 9.17) is 16.3 Å². The fraction of sp³-hybridized carbons (Fsp3) is 0.231. The Morgan fingerprint density at radius 1 is 1.29 bits per heavy atom. The monoisotopic (exact) mass is 308 g/mol. The van der Waals surface area contributed by atoms with Crippen molar-refractivity contribution in [1.29, 1.82) is 0 Å². The first-order chi connectivity index (χ1) is 10.2. The van der Waals surface area contributed by atoms with Crippen molar-refractivity contribution in [2.75, 3.05) is 18.5 Å². The highest BCUT2D eigenvalue weighted by Gasteiger charge is 2.20. The minimum atomic E-state index is -0.606. The fourth-order valence-electron chi connectivity index (χ4n) is 1.63. The summed E-state index contributed by atoms with van der Waals surface area (Å²) in [6.45, 7) is 0.963. The first kappa shape index (κ1) is 15.0. The summed E-state index contributed by atoms with van der Waals surface area (Å²) in [6, 6.07) is 9.41. The van der Waals surface area contributed by atoms with Gasteiger partial charge in [0.05, 0.1) is 11.5 Å². The van der Waals surface area contributed by atoms with Gasteiger partial charge in [-0.25, -0.2) is 9.97 Å². The number of anilines is 1. The van der Waals surface area contributed by atoms with Crippen molar-refractivity contribution in [1.82, 2.24) is 9.97 Å². The van der Waals surface area contributed by atoms with Gasteiger partial charge in [-0.1, -0.05) is 29.8 Å². The Hall–Kier alpha value is -2.41. The number of nitrogens with one attached hydrogen (secondary N) is 1. The van der Waals surface area contributed by atoms with Gasteiger partial charge in [-0.05, 0) is 18.6 Å². The van der Waals surface area contributed by atoms with Crippen LogP contribution in [0.25, 0.3) is 0 Å². The van der Waals surface area contributed by atoms with Crippen molar-refractivity contribution in [2.24, 2.45) is 0 Å². The first-order valence-corrected chi connectivity index (χ1v) is 6.63. The van der Waals surface area contributed by atoms with E-state index >= 15 is 0 Å². The zero-order valence-corrected chi connectivity index (χ0v) is 11.8. The minimum absolute atomic E-state index is 0.111. The van der Waals surface area contributed by atoms with Crippen LogP contribution in [0.3, 0.4) is 0 Å². The van der Waals surface area contributed by atoms with Crippen LogP contribution in [-0.2, 0) is 0 Å². The summed E-state index contributed by atoms with van der Waals surface area (Å²) < 4.78 is 5.51. The van der Waals surface area contributed by atoms with Gasteiger partial charge in [-0.15, -0.1) is 0 Å². The average Bonchev–Trinajstić information content (AvgIpc) is 2.47. The summed E-state index contributed by atoms with van der Waals surface area (Å²) in [5.41, 5.74) is -0.317. The van der Waals surface area contributed by atoms with E-state index in [9.17, 15) is 10.1 Å². The number of hydrogen-bond acceptors (Lipinski definition) is 6. The molecule has 0 spiro atoms. The predicted octanol–water partition coefficient (Wildman–Crippen LogP) is 2.92. The van der Waals surface area contributed by atoms with Gasteiger partial charge in [-0.3, -0.25) is 10.1 Å². The normalized spacial score (nSPS) is 10.1. The molecule has 0 aliphatic rings. The Morgan fingerprint density at radius 3 is 2.76 bits per heavy atom. The molecule has 0 radical (unpaired) electrons. The third kappa shape index (κ3) is 4.28. The van der Waals surface area contributed by atoms with Crippen LogP contribution in [0, 0.1) is 10.1 Å². The zero-order valence-electron chi connectivity index (χ0n) is 11.0. The average molecular weight is 309 g/mol. The second-order valence-electron chi connectivity index (χ2n) is 4.06. The highest BCUT2D eigenvalue weighted by Crippen LogP contribution is 2.28. The van der Waals surface area contributed by atoms with Gasteiger partial charge in [0.15, 0.2) is 0 Å².